The molecule has 0 aliphatic heterocycles. The van der Waals surface area contributed by atoms with Crippen LogP contribution in [0.1, 0.15) is 29.0 Å². The number of hydrogen-bond acceptors (Lipinski definition) is 4. The smallest absolute Gasteiger partial charge is 0.435 e. The number of carboxylic acids is 1. The number of nitrogens with zero attached hydrogens (tertiary/aromatic N) is 3. The van der Waals surface area contributed by atoms with Gasteiger partial charge in [-0.25, -0.2) is 13.9 Å². The Kier molecular flexibility index (Phi) is 5.93. The Morgan fingerprint density at radius 2 is 2.00 bits per heavy atom. The first-order valence-corrected chi connectivity index (χ1v) is 7.59. The minimum atomic E-state index is -5.10. The number of carboxylic acid groups (broad SMARTS) is 1. The first kappa shape index (κ1) is 20.1. The number of alkyl halides is 3. The van der Waals surface area contributed by atoms with Gasteiger partial charge in [0.05, 0.1) is 0 Å². The summed E-state index contributed by atoms with van der Waals surface area (Å²) < 4.78 is 54.5. The Balaban J connectivity index is 2.45. The van der Waals surface area contributed by atoms with Crippen molar-refractivity contribution in [2.75, 3.05) is 0 Å². The summed E-state index contributed by atoms with van der Waals surface area (Å²) in [5, 5.41) is 17.5. The van der Waals surface area contributed by atoms with Gasteiger partial charge in [0, 0.05) is 0 Å². The first-order chi connectivity index (χ1) is 12.7. The molecular formula is C16H14F4N4O3. The van der Waals surface area contributed by atoms with Crippen molar-refractivity contribution in [1.29, 1.82) is 0 Å². The summed E-state index contributed by atoms with van der Waals surface area (Å²) in [5.74, 6) is -3.82. The normalized spacial score (nSPS) is 12.4. The molecule has 2 rings (SSSR count). The number of carbonyl (C=O) groups is 2. The minimum absolute atomic E-state index is 0.0760. The van der Waals surface area contributed by atoms with E-state index in [-0.39, 0.29) is 17.5 Å². The molecule has 0 aliphatic carbocycles. The Labute approximate surface area is 150 Å². The van der Waals surface area contributed by atoms with Crippen molar-refractivity contribution in [2.45, 2.75) is 25.1 Å². The summed E-state index contributed by atoms with van der Waals surface area (Å²) in [5.41, 5.74) is -3.33. The van der Waals surface area contributed by atoms with Crippen molar-refractivity contribution in [2.24, 2.45) is 0 Å². The first-order valence-electron chi connectivity index (χ1n) is 7.59. The van der Waals surface area contributed by atoms with Gasteiger partial charge in [0.2, 0.25) is 0 Å². The second kappa shape index (κ2) is 7.98. The molecule has 1 atom stereocenters. The van der Waals surface area contributed by atoms with Gasteiger partial charge in [-0.2, -0.15) is 13.2 Å². The number of rotatable bonds is 7. The number of aliphatic carboxylic acids is 1. The highest BCUT2D eigenvalue weighted by atomic mass is 19.4. The van der Waals surface area contributed by atoms with E-state index in [4.69, 9.17) is 5.11 Å². The summed E-state index contributed by atoms with van der Waals surface area (Å²) in [6.45, 7) is 3.41. The van der Waals surface area contributed by atoms with Gasteiger partial charge in [-0.05, 0) is 25.0 Å². The number of amides is 1. The molecule has 2 N–H and O–H groups in total. The monoisotopic (exact) mass is 386 g/mol. The van der Waals surface area contributed by atoms with Gasteiger partial charge in [-0.1, -0.05) is 23.4 Å². The van der Waals surface area contributed by atoms with Gasteiger partial charge >= 0.3 is 12.1 Å². The van der Waals surface area contributed by atoms with E-state index in [1.807, 2.05) is 5.32 Å². The number of halogens is 4. The van der Waals surface area contributed by atoms with Crippen LogP contribution in [0.3, 0.4) is 0 Å². The van der Waals surface area contributed by atoms with Crippen LogP contribution in [0.25, 0.3) is 5.69 Å². The summed E-state index contributed by atoms with van der Waals surface area (Å²) in [6, 6.07) is 3.07. The van der Waals surface area contributed by atoms with Gasteiger partial charge in [0.1, 0.15) is 17.5 Å². The zero-order valence-corrected chi connectivity index (χ0v) is 13.7. The van der Waals surface area contributed by atoms with E-state index < -0.39 is 47.0 Å². The number of aromatic nitrogens is 3. The average Bonchev–Trinajstić information content (AvgIpc) is 3.04. The molecule has 0 aliphatic rings. The molecule has 1 aromatic heterocycles. The fraction of sp³-hybridized carbons (Fsp3) is 0.250. The number of hydrogen-bond donors (Lipinski definition) is 2. The summed E-state index contributed by atoms with van der Waals surface area (Å²) in [6.07, 6.45) is -3.56. The Hall–Kier alpha value is -3.24. The maximum Gasteiger partial charge on any atom is 0.435 e. The number of benzene rings is 1. The van der Waals surface area contributed by atoms with Crippen LogP contribution in [0.15, 0.2) is 36.9 Å². The van der Waals surface area contributed by atoms with Crippen LogP contribution in [0.4, 0.5) is 17.6 Å². The van der Waals surface area contributed by atoms with Crippen molar-refractivity contribution in [1.82, 2.24) is 20.3 Å². The molecule has 0 bridgehead atoms. The second-order valence-electron chi connectivity index (χ2n) is 5.38. The molecule has 11 heteroatoms. The summed E-state index contributed by atoms with van der Waals surface area (Å²) in [4.78, 5) is 23.4. The van der Waals surface area contributed by atoms with E-state index in [1.165, 1.54) is 18.2 Å². The van der Waals surface area contributed by atoms with E-state index in [2.05, 4.69) is 16.9 Å². The van der Waals surface area contributed by atoms with Crippen LogP contribution >= 0.6 is 0 Å². The van der Waals surface area contributed by atoms with Crippen LogP contribution in [-0.4, -0.2) is 38.0 Å². The number of para-hydroxylation sites is 1. The van der Waals surface area contributed by atoms with Crippen LogP contribution in [-0.2, 0) is 11.0 Å². The highest BCUT2D eigenvalue weighted by Gasteiger charge is 2.42. The van der Waals surface area contributed by atoms with E-state index >= 15 is 0 Å². The zero-order chi connectivity index (χ0) is 20.2. The summed E-state index contributed by atoms with van der Waals surface area (Å²) in [7, 11) is 0. The molecule has 1 unspecified atom stereocenters. The molecule has 0 radical (unpaired) electrons. The van der Waals surface area contributed by atoms with Crippen LogP contribution in [0.5, 0.6) is 0 Å². The van der Waals surface area contributed by atoms with Gasteiger partial charge < -0.3 is 10.4 Å². The average molecular weight is 386 g/mol. The highest BCUT2D eigenvalue weighted by molar-refractivity contribution is 5.96. The topological polar surface area (TPSA) is 97.1 Å². The largest absolute Gasteiger partial charge is 0.480 e. The highest BCUT2D eigenvalue weighted by Crippen LogP contribution is 2.33. The molecule has 27 heavy (non-hydrogen) atoms. The fourth-order valence-corrected chi connectivity index (χ4v) is 2.25. The minimum Gasteiger partial charge on any atom is -0.480 e. The predicted octanol–water partition coefficient (Wildman–Crippen LogP) is 2.57. The molecule has 144 valence electrons. The Bertz CT molecular complexity index is 864. The lowest BCUT2D eigenvalue weighted by atomic mass is 10.1. The fourth-order valence-electron chi connectivity index (χ4n) is 2.25. The molecule has 1 aromatic carbocycles. The number of allylic oxidation sites excluding steroid dienone is 1. The molecule has 0 fully saturated rings. The zero-order valence-electron chi connectivity index (χ0n) is 13.7. The third kappa shape index (κ3) is 4.49. The van der Waals surface area contributed by atoms with E-state index in [0.717, 1.165) is 12.1 Å². The van der Waals surface area contributed by atoms with Gasteiger partial charge in [-0.3, -0.25) is 4.79 Å². The van der Waals surface area contributed by atoms with E-state index in [9.17, 15) is 27.2 Å². The SMILES string of the molecule is C=CCCC(NC(=O)c1nnn(-c2ccccc2F)c1C(F)(F)F)C(=O)O. The van der Waals surface area contributed by atoms with Crippen molar-refractivity contribution in [3.05, 3.63) is 54.1 Å². The van der Waals surface area contributed by atoms with Gasteiger partial charge in [-0.15, -0.1) is 11.7 Å². The molecule has 0 saturated carbocycles. The van der Waals surface area contributed by atoms with Gasteiger partial charge in [0.15, 0.2) is 11.4 Å². The molecule has 0 spiro atoms. The van der Waals surface area contributed by atoms with E-state index in [1.54, 1.807) is 0 Å². The Morgan fingerprint density at radius 3 is 2.56 bits per heavy atom. The molecule has 0 saturated heterocycles. The number of nitrogens with one attached hydrogen (secondary N) is 1. The Morgan fingerprint density at radius 1 is 1.33 bits per heavy atom. The molecule has 2 aromatic rings. The van der Waals surface area contributed by atoms with Crippen LogP contribution in [0.2, 0.25) is 0 Å². The van der Waals surface area contributed by atoms with Crippen molar-refractivity contribution < 1.29 is 32.3 Å². The molecule has 1 amide bonds. The maximum absolute atomic E-state index is 13.9. The summed E-state index contributed by atoms with van der Waals surface area (Å²) >= 11 is 0. The molecular weight excluding hydrogens is 372 g/mol. The standard InChI is InChI=1S/C16H14F4N4O3/c1-2-3-7-10(15(26)27)21-14(25)12-13(16(18,19)20)24(23-22-12)11-8-5-4-6-9(11)17/h2,4-6,8,10H,1,3,7H2,(H,21,25)(H,26,27). The van der Waals surface area contributed by atoms with Crippen LogP contribution < -0.4 is 5.32 Å². The third-order valence-corrected chi connectivity index (χ3v) is 3.50. The lowest BCUT2D eigenvalue weighted by Gasteiger charge is -2.14. The van der Waals surface area contributed by atoms with Crippen LogP contribution in [0, 0.1) is 5.82 Å². The van der Waals surface area contributed by atoms with Gasteiger partial charge in [0.25, 0.3) is 5.91 Å². The van der Waals surface area contributed by atoms with Crippen molar-refractivity contribution in [3.63, 3.8) is 0 Å². The number of carbonyl (C=O) groups excluding carboxylic acids is 1. The maximum atomic E-state index is 13.9. The van der Waals surface area contributed by atoms with Crippen molar-refractivity contribution >= 4 is 11.9 Å². The lowest BCUT2D eigenvalue weighted by molar-refractivity contribution is -0.143. The predicted molar refractivity (Wildman–Crippen MR) is 84.6 cm³/mol. The second-order valence-corrected chi connectivity index (χ2v) is 5.38. The van der Waals surface area contributed by atoms with Crippen molar-refractivity contribution in [3.8, 4) is 5.69 Å². The molecule has 1 heterocycles. The van der Waals surface area contributed by atoms with E-state index in [0.29, 0.717) is 0 Å². The third-order valence-electron chi connectivity index (χ3n) is 3.50. The quantitative estimate of drug-likeness (QED) is 0.563. The molecule has 7 nitrogen and oxygen atoms in total. The lowest BCUT2D eigenvalue weighted by Crippen LogP contribution is -2.41.